The number of carbonyl (C=O) groups is 1. The molecule has 30 heavy (non-hydrogen) atoms. The first kappa shape index (κ1) is 20.9. The van der Waals surface area contributed by atoms with Crippen LogP contribution in [0.25, 0.3) is 0 Å². The number of rotatable bonds is 5. The van der Waals surface area contributed by atoms with Crippen molar-refractivity contribution < 1.29 is 18.0 Å². The highest BCUT2D eigenvalue weighted by atomic mass is 32.2. The number of alkyl halides is 3. The molecule has 1 atom stereocenters. The minimum atomic E-state index is -4.40. The maximum atomic E-state index is 12.9. The number of hydrogen-bond donors (Lipinski definition) is 0. The maximum absolute atomic E-state index is 12.9. The van der Waals surface area contributed by atoms with Gasteiger partial charge in [-0.3, -0.25) is 4.79 Å². The van der Waals surface area contributed by atoms with Crippen molar-refractivity contribution in [3.63, 3.8) is 0 Å². The average molecular weight is 441 g/mol. The first-order chi connectivity index (χ1) is 14.3. The molecule has 3 heterocycles. The second kappa shape index (κ2) is 8.40. The second-order valence-electron chi connectivity index (χ2n) is 7.47. The van der Waals surface area contributed by atoms with Crippen molar-refractivity contribution in [3.8, 4) is 0 Å². The molecule has 1 aliphatic heterocycles. The highest BCUT2D eigenvalue weighted by Gasteiger charge is 2.32. The molecule has 0 N–H and O–H groups in total. The summed E-state index contributed by atoms with van der Waals surface area (Å²) in [5.41, 5.74) is -0.766. The first-order valence-electron chi connectivity index (χ1n) is 9.84. The monoisotopic (exact) mass is 441 g/mol. The number of pyridine rings is 1. The van der Waals surface area contributed by atoms with Crippen LogP contribution >= 0.6 is 11.8 Å². The number of carbonyl (C=O) groups excluding carboxylic acids is 1. The van der Waals surface area contributed by atoms with Crippen LogP contribution in [0.3, 0.4) is 0 Å². The average Bonchev–Trinajstić information content (AvgIpc) is 3.50. The van der Waals surface area contributed by atoms with E-state index in [1.165, 1.54) is 17.8 Å². The van der Waals surface area contributed by atoms with E-state index in [4.69, 9.17) is 0 Å². The number of hydrogen-bond acceptors (Lipinski definition) is 7. The summed E-state index contributed by atoms with van der Waals surface area (Å²) in [5, 5.41) is 12.1. The minimum absolute atomic E-state index is 0.00701. The third-order valence-corrected chi connectivity index (χ3v) is 6.23. The van der Waals surface area contributed by atoms with Gasteiger partial charge in [-0.1, -0.05) is 11.8 Å². The number of halogens is 3. The van der Waals surface area contributed by atoms with Crippen molar-refractivity contribution in [2.24, 2.45) is 0 Å². The number of amides is 1. The van der Waals surface area contributed by atoms with Crippen molar-refractivity contribution in [2.45, 2.75) is 48.8 Å². The van der Waals surface area contributed by atoms with Gasteiger partial charge in [0, 0.05) is 32.4 Å². The van der Waals surface area contributed by atoms with Crippen molar-refractivity contribution in [2.75, 3.05) is 31.1 Å². The third kappa shape index (κ3) is 4.68. The van der Waals surface area contributed by atoms with E-state index in [-0.39, 0.29) is 11.2 Å². The summed E-state index contributed by atoms with van der Waals surface area (Å²) in [4.78, 5) is 20.6. The Morgan fingerprint density at radius 1 is 1.20 bits per heavy atom. The summed E-state index contributed by atoms with van der Waals surface area (Å²) >= 11 is 1.36. The van der Waals surface area contributed by atoms with Gasteiger partial charge in [-0.15, -0.1) is 5.10 Å². The quantitative estimate of drug-likeness (QED) is 0.660. The Bertz CT molecular complexity index is 885. The molecule has 4 rings (SSSR count). The van der Waals surface area contributed by atoms with Gasteiger partial charge >= 0.3 is 6.18 Å². The van der Waals surface area contributed by atoms with Crippen LogP contribution in [0.4, 0.5) is 19.0 Å². The number of thioether (sulfide) groups is 1. The number of aromatic nitrogens is 5. The molecule has 0 aromatic carbocycles. The van der Waals surface area contributed by atoms with Crippen LogP contribution in [-0.2, 0) is 11.0 Å². The molecule has 1 saturated carbocycles. The van der Waals surface area contributed by atoms with Gasteiger partial charge in [0.05, 0.1) is 16.9 Å². The van der Waals surface area contributed by atoms with Crippen LogP contribution in [0.15, 0.2) is 23.5 Å². The van der Waals surface area contributed by atoms with Gasteiger partial charge in [0.2, 0.25) is 11.1 Å². The number of tetrazole rings is 1. The number of anilines is 1. The molecule has 1 unspecified atom stereocenters. The zero-order valence-corrected chi connectivity index (χ0v) is 17.2. The summed E-state index contributed by atoms with van der Waals surface area (Å²) in [6.45, 7) is 4.07. The van der Waals surface area contributed by atoms with Crippen LogP contribution in [0.5, 0.6) is 0 Å². The molecular weight excluding hydrogens is 419 g/mol. The molecule has 12 heteroatoms. The molecule has 1 aliphatic carbocycles. The van der Waals surface area contributed by atoms with Gasteiger partial charge in [-0.25, -0.2) is 9.67 Å². The Hall–Kier alpha value is -2.37. The van der Waals surface area contributed by atoms with Crippen LogP contribution in [0.2, 0.25) is 0 Å². The van der Waals surface area contributed by atoms with Crippen LogP contribution in [0.1, 0.15) is 37.8 Å². The SMILES string of the molecule is CC(Sc1nnnn1C1CC1)C(=O)N1CCCN(c2ccc(C(F)(F)F)cn2)CC1. The minimum Gasteiger partial charge on any atom is -0.355 e. The van der Waals surface area contributed by atoms with Crippen LogP contribution in [0, 0.1) is 0 Å². The molecule has 0 bridgehead atoms. The highest BCUT2D eigenvalue weighted by Crippen LogP contribution is 2.37. The fraction of sp³-hybridized carbons (Fsp3) is 0.611. The van der Waals surface area contributed by atoms with E-state index >= 15 is 0 Å². The van der Waals surface area contributed by atoms with E-state index in [0.29, 0.717) is 49.6 Å². The Kier molecular flexibility index (Phi) is 5.85. The topological polar surface area (TPSA) is 80.0 Å². The molecule has 8 nitrogen and oxygen atoms in total. The zero-order chi connectivity index (χ0) is 21.3. The molecule has 1 amide bonds. The summed E-state index contributed by atoms with van der Waals surface area (Å²) in [6.07, 6.45) is -0.722. The molecular formula is C18H22F3N7OS. The van der Waals surface area contributed by atoms with Gasteiger partial charge in [0.25, 0.3) is 0 Å². The predicted molar refractivity (Wildman–Crippen MR) is 104 cm³/mol. The fourth-order valence-electron chi connectivity index (χ4n) is 3.38. The summed E-state index contributed by atoms with van der Waals surface area (Å²) in [7, 11) is 0. The lowest BCUT2D eigenvalue weighted by Gasteiger charge is -2.25. The molecule has 2 aromatic heterocycles. The van der Waals surface area contributed by atoms with Crippen molar-refractivity contribution in [1.82, 2.24) is 30.1 Å². The standard InChI is InChI=1S/C18H22F3N7OS/c1-12(30-17-23-24-25-28(17)14-4-5-14)16(29)27-8-2-7-26(9-10-27)15-6-3-13(11-22-15)18(19,20)21/h3,6,11-12,14H,2,4-5,7-10H2,1H3. The zero-order valence-electron chi connectivity index (χ0n) is 16.4. The Labute approximate surface area is 175 Å². The largest absolute Gasteiger partial charge is 0.417 e. The third-order valence-electron chi connectivity index (χ3n) is 5.19. The summed E-state index contributed by atoms with van der Waals surface area (Å²) in [6, 6.07) is 2.77. The van der Waals surface area contributed by atoms with E-state index in [2.05, 4.69) is 20.5 Å². The molecule has 2 fully saturated rings. The maximum Gasteiger partial charge on any atom is 0.417 e. The van der Waals surface area contributed by atoms with E-state index in [1.54, 1.807) is 9.58 Å². The van der Waals surface area contributed by atoms with Crippen molar-refractivity contribution >= 4 is 23.5 Å². The Morgan fingerprint density at radius 2 is 2.00 bits per heavy atom. The predicted octanol–water partition coefficient (Wildman–Crippen LogP) is 2.64. The number of nitrogens with zero attached hydrogens (tertiary/aromatic N) is 7. The van der Waals surface area contributed by atoms with Gasteiger partial charge in [-0.2, -0.15) is 13.2 Å². The Morgan fingerprint density at radius 3 is 2.67 bits per heavy atom. The lowest BCUT2D eigenvalue weighted by atomic mass is 10.2. The normalized spacial score (nSPS) is 18.9. The molecule has 2 aromatic rings. The fourth-order valence-corrected chi connectivity index (χ4v) is 4.33. The highest BCUT2D eigenvalue weighted by molar-refractivity contribution is 8.00. The van der Waals surface area contributed by atoms with Gasteiger partial charge < -0.3 is 9.80 Å². The van der Waals surface area contributed by atoms with E-state index in [1.807, 2.05) is 11.8 Å². The smallest absolute Gasteiger partial charge is 0.355 e. The molecule has 162 valence electrons. The molecule has 1 saturated heterocycles. The summed E-state index contributed by atoms with van der Waals surface area (Å²) in [5.74, 6) is 0.496. The van der Waals surface area contributed by atoms with E-state index in [0.717, 1.165) is 25.1 Å². The van der Waals surface area contributed by atoms with E-state index in [9.17, 15) is 18.0 Å². The van der Waals surface area contributed by atoms with E-state index < -0.39 is 11.7 Å². The molecule has 0 spiro atoms. The van der Waals surface area contributed by atoms with Gasteiger partial charge in [0.1, 0.15) is 5.82 Å². The first-order valence-corrected chi connectivity index (χ1v) is 10.7. The van der Waals surface area contributed by atoms with Crippen LogP contribution in [-0.4, -0.2) is 67.4 Å². The van der Waals surface area contributed by atoms with Crippen molar-refractivity contribution in [1.29, 1.82) is 0 Å². The van der Waals surface area contributed by atoms with Gasteiger partial charge in [0.15, 0.2) is 0 Å². The molecule has 0 radical (unpaired) electrons. The van der Waals surface area contributed by atoms with Gasteiger partial charge in [-0.05, 0) is 48.7 Å². The summed E-state index contributed by atoms with van der Waals surface area (Å²) < 4.78 is 40.0. The molecule has 2 aliphatic rings. The second-order valence-corrected chi connectivity index (χ2v) is 8.77. The lowest BCUT2D eigenvalue weighted by molar-refractivity contribution is -0.137. The van der Waals surface area contributed by atoms with Crippen LogP contribution < -0.4 is 4.90 Å². The van der Waals surface area contributed by atoms with Crippen molar-refractivity contribution in [3.05, 3.63) is 23.9 Å². The lowest BCUT2D eigenvalue weighted by Crippen LogP contribution is -2.39. The Balaban J connectivity index is 1.35.